The van der Waals surface area contributed by atoms with Gasteiger partial charge in [0.2, 0.25) is 0 Å². The maximum Gasteiger partial charge on any atom is 2.00 e. The van der Waals surface area contributed by atoms with Gasteiger partial charge in [-0.2, -0.15) is 0 Å². The van der Waals surface area contributed by atoms with Gasteiger partial charge in [-0.05, 0) is 0 Å². The SMILES string of the molecule is O=CO[O-].O=[C-]O.[Ca+2].[Ca+2].[H+].[H+].[OH-]. The van der Waals surface area contributed by atoms with Gasteiger partial charge >= 0.3 is 78.3 Å². The molecule has 0 heterocycles. The summed E-state index contributed by atoms with van der Waals surface area (Å²) < 4.78 is 0. The summed E-state index contributed by atoms with van der Waals surface area (Å²) in [5, 5.41) is 15.2. The molecule has 2 N–H and O–H groups in total. The van der Waals surface area contributed by atoms with Gasteiger partial charge in [-0.15, -0.1) is 0 Å². The van der Waals surface area contributed by atoms with E-state index >= 15 is 0 Å². The number of hydrogen-bond acceptors (Lipinski definition) is 5. The van der Waals surface area contributed by atoms with Crippen molar-refractivity contribution >= 4 is 88.4 Å². The van der Waals surface area contributed by atoms with E-state index in [-0.39, 0.29) is 90.3 Å². The minimum absolute atomic E-state index is 0. The van der Waals surface area contributed by atoms with E-state index in [4.69, 9.17) is 20.0 Å². The smallest absolute Gasteiger partial charge is 0.870 e. The van der Waals surface area contributed by atoms with E-state index in [9.17, 15) is 0 Å². The summed E-state index contributed by atoms with van der Waals surface area (Å²) in [7, 11) is 0. The van der Waals surface area contributed by atoms with E-state index in [1.54, 1.807) is 0 Å². The van der Waals surface area contributed by atoms with Crippen LogP contribution in [0.3, 0.4) is 0 Å². The van der Waals surface area contributed by atoms with Gasteiger partial charge in [0.05, 0.1) is 0 Å². The second-order valence-electron chi connectivity index (χ2n) is 0.284. The van der Waals surface area contributed by atoms with Crippen LogP contribution >= 0.6 is 0 Å². The molecule has 0 aliphatic heterocycles. The molecule has 0 aromatic rings. The first kappa shape index (κ1) is 30.1. The van der Waals surface area contributed by atoms with E-state index < -0.39 is 0 Å². The standard InChI is InChI=1S/CH2O3.CHO2.2Ca.H2O/c2-1-4-3;2-1-3;;;/h1,3H;(H,2,3);;;1H2/q;-1;2*+2;. The Labute approximate surface area is 120 Å². The van der Waals surface area contributed by atoms with Gasteiger partial charge in [-0.3, -0.25) is 4.79 Å². The monoisotopic (exact) mass is 205 g/mol. The Kier molecular flexibility index (Phi) is 143. The molecular formula is C2H5Ca2O6+3. The van der Waals surface area contributed by atoms with Crippen molar-refractivity contribution in [3.63, 3.8) is 0 Å². The first-order chi connectivity index (χ1) is 3.33. The molecule has 0 unspecified atom stereocenters. The van der Waals surface area contributed by atoms with Crippen molar-refractivity contribution in [1.29, 1.82) is 0 Å². The van der Waals surface area contributed by atoms with Crippen LogP contribution in [0.25, 0.3) is 0 Å². The minimum atomic E-state index is -0.181. The molecule has 0 radical (unpaired) electrons. The quantitative estimate of drug-likeness (QED) is 0.164. The molecule has 0 bridgehead atoms. The zero-order valence-electron chi connectivity index (χ0n) is 7.02. The van der Waals surface area contributed by atoms with Crippen molar-refractivity contribution in [2.75, 3.05) is 0 Å². The molecule has 0 amide bonds. The molecule has 0 rings (SSSR count). The molecule has 0 fully saturated rings. The summed E-state index contributed by atoms with van der Waals surface area (Å²) in [5.74, 6) is 0. The van der Waals surface area contributed by atoms with Gasteiger partial charge in [-0.25, -0.2) is 0 Å². The van der Waals surface area contributed by atoms with E-state index in [2.05, 4.69) is 4.89 Å². The summed E-state index contributed by atoms with van der Waals surface area (Å²) in [4.78, 5) is 19.5. The van der Waals surface area contributed by atoms with E-state index in [0.29, 0.717) is 6.47 Å². The minimum Gasteiger partial charge on any atom is -0.870 e. The number of carbonyl (C=O) groups is 1. The Morgan fingerprint density at radius 1 is 1.60 bits per heavy atom. The zero-order valence-corrected chi connectivity index (χ0v) is 9.44. The van der Waals surface area contributed by atoms with Crippen LogP contribution in [0.15, 0.2) is 0 Å². The molecule has 10 heavy (non-hydrogen) atoms. The molecule has 8 heteroatoms. The largest absolute Gasteiger partial charge is 2.00 e. The van der Waals surface area contributed by atoms with Gasteiger partial charge in [0.25, 0.3) is 6.47 Å². The molecule has 0 aliphatic carbocycles. The van der Waals surface area contributed by atoms with Crippen LogP contribution in [0.2, 0.25) is 0 Å². The van der Waals surface area contributed by atoms with Gasteiger partial charge in [0.15, 0.2) is 0 Å². The van der Waals surface area contributed by atoms with Crippen LogP contribution in [0.4, 0.5) is 0 Å². The second kappa shape index (κ2) is 47.6. The average molecular weight is 205 g/mol. The van der Waals surface area contributed by atoms with Gasteiger partial charge in [-0.1, -0.05) is 6.47 Å². The van der Waals surface area contributed by atoms with Crippen LogP contribution in [0.1, 0.15) is 2.85 Å². The van der Waals surface area contributed by atoms with Crippen molar-refractivity contribution in [3.8, 4) is 0 Å². The number of aliphatic hydroxyl groups excluding tert-OH is 1. The zero-order chi connectivity index (χ0) is 6.12. The molecule has 0 saturated carbocycles. The van der Waals surface area contributed by atoms with E-state index in [0.717, 1.165) is 0 Å². The first-order valence-corrected chi connectivity index (χ1v) is 1.07. The molecule has 6 nitrogen and oxygen atoms in total. The predicted octanol–water partition coefficient (Wildman–Crippen LogP) is -2.67. The molecule has 0 aromatic carbocycles. The molecule has 50 valence electrons. The fraction of sp³-hybridized carbons (Fsp3) is 0. The summed E-state index contributed by atoms with van der Waals surface area (Å²) >= 11 is 0. The van der Waals surface area contributed by atoms with Gasteiger partial charge in [0, 0.05) is 0 Å². The van der Waals surface area contributed by atoms with Crippen molar-refractivity contribution < 1.29 is 33.2 Å². The number of carbonyl (C=O) groups excluding carboxylic acids is 1. The summed E-state index contributed by atoms with van der Waals surface area (Å²) in [6.07, 6.45) is 0. The Morgan fingerprint density at radius 3 is 1.70 bits per heavy atom. The molecule has 0 aliphatic rings. The molecular weight excluding hydrogens is 200 g/mol. The summed E-state index contributed by atoms with van der Waals surface area (Å²) in [6.45, 7) is 0.319. The Bertz CT molecular complexity index is 56.8. The molecule has 0 spiro atoms. The van der Waals surface area contributed by atoms with Crippen molar-refractivity contribution in [2.45, 2.75) is 0 Å². The molecule has 0 atom stereocenters. The Balaban J connectivity index is -0.00000000597. The molecule has 0 aromatic heterocycles. The number of hydrogen-bond donors (Lipinski definition) is 1. The van der Waals surface area contributed by atoms with E-state index in [1.807, 2.05) is 0 Å². The fourth-order valence-corrected chi connectivity index (χ4v) is 0. The van der Waals surface area contributed by atoms with Crippen LogP contribution in [-0.4, -0.2) is 99.0 Å². The van der Waals surface area contributed by atoms with Crippen molar-refractivity contribution in [3.05, 3.63) is 0 Å². The van der Waals surface area contributed by atoms with Crippen LogP contribution < -0.4 is 5.26 Å². The van der Waals surface area contributed by atoms with Gasteiger partial charge < -0.3 is 25.5 Å². The van der Waals surface area contributed by atoms with Crippen LogP contribution in [0, 0.1) is 0 Å². The Morgan fingerprint density at radius 2 is 1.70 bits per heavy atom. The third-order valence-corrected chi connectivity index (χ3v) is 0.0393. The topological polar surface area (TPSA) is 117 Å². The molecule has 0 saturated heterocycles. The van der Waals surface area contributed by atoms with Crippen molar-refractivity contribution in [2.24, 2.45) is 0 Å². The summed E-state index contributed by atoms with van der Waals surface area (Å²) in [5.41, 5.74) is 0. The van der Waals surface area contributed by atoms with Gasteiger partial charge in [0.1, 0.15) is 0 Å². The number of rotatable bonds is 1. The third kappa shape index (κ3) is 116. The maximum absolute atomic E-state index is 8.64. The first-order valence-electron chi connectivity index (χ1n) is 1.07. The third-order valence-electron chi connectivity index (χ3n) is 0.0393. The van der Waals surface area contributed by atoms with Crippen LogP contribution in [0.5, 0.6) is 0 Å². The Hall–Kier alpha value is 1.38. The average Bonchev–Trinajstić information content (AvgIpc) is 1.69. The van der Waals surface area contributed by atoms with Crippen LogP contribution in [-0.2, 0) is 14.5 Å². The van der Waals surface area contributed by atoms with Crippen molar-refractivity contribution in [1.82, 2.24) is 0 Å². The summed E-state index contributed by atoms with van der Waals surface area (Å²) in [6, 6.07) is 0. The maximum atomic E-state index is 8.64. The second-order valence-corrected chi connectivity index (χ2v) is 0.284. The van der Waals surface area contributed by atoms with E-state index in [1.165, 1.54) is 0 Å². The predicted molar refractivity (Wildman–Crippen MR) is 31.1 cm³/mol. The normalized spacial score (nSPS) is 3.30. The fourth-order valence-electron chi connectivity index (χ4n) is 0.